The summed E-state index contributed by atoms with van der Waals surface area (Å²) in [6, 6.07) is 18.6. The van der Waals surface area contributed by atoms with Crippen LogP contribution in [0.3, 0.4) is 0 Å². The molecule has 1 aliphatic heterocycles. The molecule has 1 atom stereocenters. The maximum atomic E-state index is 6.45. The first-order valence-corrected chi connectivity index (χ1v) is 9.84. The van der Waals surface area contributed by atoms with E-state index in [1.165, 1.54) is 31.7 Å². The predicted octanol–water partition coefficient (Wildman–Crippen LogP) is 1.01. The Balaban J connectivity index is 1.70. The molecule has 4 heteroatoms. The molecule has 140 valence electrons. The van der Waals surface area contributed by atoms with Crippen LogP contribution in [0.1, 0.15) is 25.0 Å². The molecule has 4 nitrogen and oxygen atoms in total. The first kappa shape index (κ1) is 18.7. The molecule has 2 aromatic rings. The van der Waals surface area contributed by atoms with E-state index in [0.29, 0.717) is 6.61 Å². The van der Waals surface area contributed by atoms with E-state index in [9.17, 15) is 0 Å². The SMILES string of the molecule is CCOc1ccccc1O[C@@H](CC[NH+]1CC[NH+](C)CC1)c1ccccc1. The third kappa shape index (κ3) is 5.23. The van der Waals surface area contributed by atoms with E-state index in [-0.39, 0.29) is 6.10 Å². The van der Waals surface area contributed by atoms with E-state index in [1.807, 2.05) is 31.2 Å². The van der Waals surface area contributed by atoms with E-state index < -0.39 is 0 Å². The maximum absolute atomic E-state index is 6.45. The van der Waals surface area contributed by atoms with Gasteiger partial charge < -0.3 is 19.3 Å². The van der Waals surface area contributed by atoms with Gasteiger partial charge in [-0.3, -0.25) is 0 Å². The summed E-state index contributed by atoms with van der Waals surface area (Å²) in [5, 5.41) is 0. The van der Waals surface area contributed by atoms with E-state index in [1.54, 1.807) is 9.80 Å². The lowest BCUT2D eigenvalue weighted by Gasteiger charge is -2.29. The molecule has 0 unspecified atom stereocenters. The van der Waals surface area contributed by atoms with Crippen LogP contribution in [0.5, 0.6) is 11.5 Å². The number of para-hydroxylation sites is 2. The Morgan fingerprint density at radius 2 is 1.54 bits per heavy atom. The Morgan fingerprint density at radius 1 is 0.885 bits per heavy atom. The zero-order chi connectivity index (χ0) is 18.2. The van der Waals surface area contributed by atoms with Gasteiger partial charge in [-0.15, -0.1) is 0 Å². The number of nitrogens with one attached hydrogen (secondary N) is 2. The minimum absolute atomic E-state index is 0.0531. The van der Waals surface area contributed by atoms with E-state index in [4.69, 9.17) is 9.47 Å². The van der Waals surface area contributed by atoms with E-state index in [0.717, 1.165) is 24.5 Å². The van der Waals surface area contributed by atoms with Gasteiger partial charge in [-0.1, -0.05) is 42.5 Å². The van der Waals surface area contributed by atoms with Gasteiger partial charge in [-0.05, 0) is 24.6 Å². The van der Waals surface area contributed by atoms with Crippen LogP contribution in [0.4, 0.5) is 0 Å². The molecule has 0 radical (unpaired) electrons. The van der Waals surface area contributed by atoms with Gasteiger partial charge in [0.1, 0.15) is 32.3 Å². The van der Waals surface area contributed by atoms with Gasteiger partial charge in [-0.2, -0.15) is 0 Å². The van der Waals surface area contributed by atoms with Crippen molar-refractivity contribution in [3.63, 3.8) is 0 Å². The van der Waals surface area contributed by atoms with Crippen molar-refractivity contribution in [3.05, 3.63) is 60.2 Å². The first-order chi connectivity index (χ1) is 12.8. The Bertz CT molecular complexity index is 654. The summed E-state index contributed by atoms with van der Waals surface area (Å²) in [6.07, 6.45) is 1.07. The second kappa shape index (κ2) is 9.60. The fourth-order valence-corrected chi connectivity index (χ4v) is 3.55. The van der Waals surface area contributed by atoms with Gasteiger partial charge in [0.05, 0.1) is 20.2 Å². The fourth-order valence-electron chi connectivity index (χ4n) is 3.55. The van der Waals surface area contributed by atoms with Crippen molar-refractivity contribution in [2.24, 2.45) is 0 Å². The molecule has 1 aliphatic rings. The van der Waals surface area contributed by atoms with Crippen LogP contribution in [0.25, 0.3) is 0 Å². The van der Waals surface area contributed by atoms with Gasteiger partial charge in [0.2, 0.25) is 0 Å². The summed E-state index contributed by atoms with van der Waals surface area (Å²) in [6.45, 7) is 8.82. The topological polar surface area (TPSA) is 27.3 Å². The molecule has 2 N–H and O–H groups in total. The lowest BCUT2D eigenvalue weighted by Crippen LogP contribution is -3.27. The number of ether oxygens (including phenoxy) is 2. The third-order valence-electron chi connectivity index (χ3n) is 5.16. The zero-order valence-corrected chi connectivity index (χ0v) is 16.0. The standard InChI is InChI=1S/C22H30N2O2/c1-3-25-21-11-7-8-12-22(21)26-20(19-9-5-4-6-10-19)13-14-24-17-15-23(2)16-18-24/h4-12,20H,3,13-18H2,1-2H3/p+2/t20-/m0/s1. The van der Waals surface area contributed by atoms with Crippen molar-refractivity contribution in [1.29, 1.82) is 0 Å². The maximum Gasteiger partial charge on any atom is 0.162 e. The molecule has 1 saturated heterocycles. The third-order valence-corrected chi connectivity index (χ3v) is 5.16. The molecule has 0 saturated carbocycles. The molecule has 0 amide bonds. The van der Waals surface area contributed by atoms with Gasteiger partial charge in [-0.25, -0.2) is 0 Å². The summed E-state index contributed by atoms with van der Waals surface area (Å²) in [7, 11) is 2.29. The number of hydrogen-bond donors (Lipinski definition) is 2. The predicted molar refractivity (Wildman–Crippen MR) is 104 cm³/mol. The van der Waals surface area contributed by atoms with Gasteiger partial charge in [0.25, 0.3) is 0 Å². The number of hydrogen-bond acceptors (Lipinski definition) is 2. The quantitative estimate of drug-likeness (QED) is 0.739. The number of likely N-dealkylation sites (N-methyl/N-ethyl adjacent to an activating group) is 1. The highest BCUT2D eigenvalue weighted by Crippen LogP contribution is 2.32. The lowest BCUT2D eigenvalue weighted by molar-refractivity contribution is -1.00. The molecule has 26 heavy (non-hydrogen) atoms. The molecular formula is C22H32N2O2+2. The Kier molecular flexibility index (Phi) is 6.92. The Labute approximate surface area is 157 Å². The number of piperazine rings is 1. The van der Waals surface area contributed by atoms with Crippen LogP contribution in [0.2, 0.25) is 0 Å². The van der Waals surface area contributed by atoms with Gasteiger partial charge in [0.15, 0.2) is 11.5 Å². The van der Waals surface area contributed by atoms with Crippen molar-refractivity contribution < 1.29 is 19.3 Å². The van der Waals surface area contributed by atoms with Crippen LogP contribution in [0.15, 0.2) is 54.6 Å². The molecule has 0 aromatic heterocycles. The number of rotatable bonds is 8. The van der Waals surface area contributed by atoms with Gasteiger partial charge >= 0.3 is 0 Å². The molecule has 1 heterocycles. The molecule has 3 rings (SSSR count). The average Bonchev–Trinajstić information content (AvgIpc) is 2.68. The second-order valence-electron chi connectivity index (χ2n) is 7.14. The van der Waals surface area contributed by atoms with Crippen LogP contribution in [-0.2, 0) is 0 Å². The van der Waals surface area contributed by atoms with E-state index >= 15 is 0 Å². The van der Waals surface area contributed by atoms with E-state index in [2.05, 4.69) is 37.4 Å². The van der Waals surface area contributed by atoms with Crippen molar-refractivity contribution >= 4 is 0 Å². The Morgan fingerprint density at radius 3 is 2.23 bits per heavy atom. The highest BCUT2D eigenvalue weighted by atomic mass is 16.5. The first-order valence-electron chi connectivity index (χ1n) is 9.84. The Hall–Kier alpha value is -2.04. The summed E-state index contributed by atoms with van der Waals surface area (Å²) < 4.78 is 12.2. The molecule has 1 fully saturated rings. The summed E-state index contributed by atoms with van der Waals surface area (Å²) >= 11 is 0. The smallest absolute Gasteiger partial charge is 0.162 e. The van der Waals surface area contributed by atoms with Crippen molar-refractivity contribution in [1.82, 2.24) is 0 Å². The molecular weight excluding hydrogens is 324 g/mol. The number of benzene rings is 2. The van der Waals surface area contributed by atoms with Gasteiger partial charge in [0, 0.05) is 6.42 Å². The molecule has 2 aromatic carbocycles. The fraction of sp³-hybridized carbons (Fsp3) is 0.455. The molecule has 0 bridgehead atoms. The summed E-state index contributed by atoms with van der Waals surface area (Å²) in [4.78, 5) is 3.34. The van der Waals surface area contributed by atoms with Crippen molar-refractivity contribution in [3.8, 4) is 11.5 Å². The summed E-state index contributed by atoms with van der Waals surface area (Å²) in [5.74, 6) is 1.66. The monoisotopic (exact) mass is 356 g/mol. The van der Waals surface area contributed by atoms with Crippen LogP contribution < -0.4 is 19.3 Å². The molecule has 0 spiro atoms. The highest BCUT2D eigenvalue weighted by Gasteiger charge is 2.23. The summed E-state index contributed by atoms with van der Waals surface area (Å²) in [5.41, 5.74) is 1.23. The van der Waals surface area contributed by atoms with Crippen molar-refractivity contribution in [2.45, 2.75) is 19.4 Å². The van der Waals surface area contributed by atoms with Crippen LogP contribution >= 0.6 is 0 Å². The second-order valence-corrected chi connectivity index (χ2v) is 7.14. The minimum Gasteiger partial charge on any atom is -0.490 e. The molecule has 0 aliphatic carbocycles. The normalized spacial score (nSPS) is 21.2. The average molecular weight is 357 g/mol. The highest BCUT2D eigenvalue weighted by molar-refractivity contribution is 5.40. The zero-order valence-electron chi connectivity index (χ0n) is 16.0. The minimum atomic E-state index is 0.0531. The van der Waals surface area contributed by atoms with Crippen molar-refractivity contribution in [2.75, 3.05) is 46.4 Å². The lowest BCUT2D eigenvalue weighted by atomic mass is 10.1. The van der Waals surface area contributed by atoms with Crippen LogP contribution in [-0.4, -0.2) is 46.4 Å². The van der Waals surface area contributed by atoms with Crippen LogP contribution in [0, 0.1) is 0 Å². The number of quaternary nitrogens is 2. The largest absolute Gasteiger partial charge is 0.490 e.